The quantitative estimate of drug-likeness (QED) is 0.385. The summed E-state index contributed by atoms with van der Waals surface area (Å²) < 4.78 is 0. The van der Waals surface area contributed by atoms with Gasteiger partial charge in [0.05, 0.1) is 0 Å². The zero-order valence-electron chi connectivity index (χ0n) is 6.17. The van der Waals surface area contributed by atoms with Crippen molar-refractivity contribution in [3.8, 4) is 0 Å². The molecule has 0 saturated heterocycles. The van der Waals surface area contributed by atoms with Crippen LogP contribution in [0.5, 0.6) is 0 Å². The first-order valence-electron chi connectivity index (χ1n) is 2.58. The van der Waals surface area contributed by atoms with Crippen LogP contribution in [0.2, 0.25) is 0 Å². The van der Waals surface area contributed by atoms with Crippen molar-refractivity contribution in [3.63, 3.8) is 0 Å². The summed E-state index contributed by atoms with van der Waals surface area (Å²) in [4.78, 5) is 0. The summed E-state index contributed by atoms with van der Waals surface area (Å²) in [5, 5.41) is 0. The molecule has 0 fully saturated rings. The van der Waals surface area contributed by atoms with E-state index < -0.39 is 0 Å². The molecule has 0 aliphatic heterocycles. The molecule has 2 N–H and O–H groups in total. The minimum absolute atomic E-state index is 0. The molecular weight excluding hydrogens is 152 g/mol. The third-order valence-corrected chi connectivity index (χ3v) is 1.01. The Hall–Kier alpha value is 0.610. The molecule has 0 saturated carbocycles. The van der Waals surface area contributed by atoms with E-state index >= 15 is 0 Å². The molecule has 3 heteroatoms. The van der Waals surface area contributed by atoms with E-state index in [-0.39, 0.29) is 39.5 Å². The van der Waals surface area contributed by atoms with Gasteiger partial charge in [-0.3, -0.25) is 0 Å². The molecular formula is C7H10NNaP. The van der Waals surface area contributed by atoms with Gasteiger partial charge in [-0.1, -0.05) is 18.2 Å². The third-order valence-electron chi connectivity index (χ3n) is 1.01. The van der Waals surface area contributed by atoms with Gasteiger partial charge in [0.2, 0.25) is 0 Å². The maximum absolute atomic E-state index is 5.33. The molecule has 10 heavy (non-hydrogen) atoms. The molecule has 1 nitrogen and oxygen atoms in total. The summed E-state index contributed by atoms with van der Waals surface area (Å²) in [5.41, 5.74) is 6.46. The minimum Gasteiger partial charge on any atom is -0.577 e. The van der Waals surface area contributed by atoms with E-state index in [2.05, 4.69) is 6.07 Å². The fourth-order valence-corrected chi connectivity index (χ4v) is 0.557. The van der Waals surface area contributed by atoms with Crippen LogP contribution in [0, 0.1) is 6.07 Å². The summed E-state index contributed by atoms with van der Waals surface area (Å²) >= 11 is 0. The molecule has 0 unspecified atom stereocenters. The molecule has 0 spiro atoms. The van der Waals surface area contributed by atoms with Gasteiger partial charge in [-0.05, 0) is 17.7 Å². The molecule has 0 aliphatic rings. The van der Waals surface area contributed by atoms with E-state index in [0.29, 0.717) is 6.54 Å². The van der Waals surface area contributed by atoms with E-state index in [4.69, 9.17) is 5.73 Å². The molecule has 1 aromatic carbocycles. The van der Waals surface area contributed by atoms with E-state index in [1.807, 2.05) is 24.3 Å². The normalized spacial score (nSPS) is 7.30. The summed E-state index contributed by atoms with van der Waals surface area (Å²) in [6, 6.07) is 10.6. The Morgan fingerprint density at radius 3 is 2.50 bits per heavy atom. The predicted molar refractivity (Wildman–Crippen MR) is 42.9 cm³/mol. The van der Waals surface area contributed by atoms with Gasteiger partial charge >= 0.3 is 29.6 Å². The van der Waals surface area contributed by atoms with E-state index in [9.17, 15) is 0 Å². The second-order valence-electron chi connectivity index (χ2n) is 1.62. The maximum Gasteiger partial charge on any atom is 1.00 e. The molecule has 0 amide bonds. The van der Waals surface area contributed by atoms with Crippen LogP contribution in [0.4, 0.5) is 0 Å². The zero-order chi connectivity index (χ0) is 5.82. The smallest absolute Gasteiger partial charge is 0.577 e. The molecule has 1 radical (unpaired) electrons. The topological polar surface area (TPSA) is 26.0 Å². The summed E-state index contributed by atoms with van der Waals surface area (Å²) in [5.74, 6) is 0. The molecule has 49 valence electrons. The average molecular weight is 162 g/mol. The van der Waals surface area contributed by atoms with Crippen LogP contribution in [0.1, 0.15) is 5.56 Å². The summed E-state index contributed by atoms with van der Waals surface area (Å²) in [6.45, 7) is 0.608. The van der Waals surface area contributed by atoms with Gasteiger partial charge in [-0.15, -0.1) is 0 Å². The Morgan fingerprint density at radius 1 is 1.50 bits per heavy atom. The molecule has 0 aliphatic carbocycles. The maximum atomic E-state index is 5.33. The summed E-state index contributed by atoms with van der Waals surface area (Å²) in [7, 11) is 0. The van der Waals surface area contributed by atoms with Crippen LogP contribution in [-0.2, 0) is 6.54 Å². The standard InChI is InChI=1S/C7H8N.Na.H2P/c8-6-7-4-2-1-3-5-7;;/h1-2,4-5H,6,8H2;;1H2/q;+1;-1. The second kappa shape index (κ2) is 7.71. The van der Waals surface area contributed by atoms with Crippen LogP contribution in [0.15, 0.2) is 24.3 Å². The third kappa shape index (κ3) is 4.43. The van der Waals surface area contributed by atoms with E-state index in [1.165, 1.54) is 0 Å². The molecule has 0 bridgehead atoms. The Labute approximate surface area is 87.3 Å². The van der Waals surface area contributed by atoms with Crippen molar-refractivity contribution >= 4 is 9.90 Å². The molecule has 0 heterocycles. The van der Waals surface area contributed by atoms with Gasteiger partial charge in [-0.25, -0.2) is 0 Å². The molecule has 1 rings (SSSR count). The van der Waals surface area contributed by atoms with Crippen molar-refractivity contribution in [3.05, 3.63) is 35.9 Å². The van der Waals surface area contributed by atoms with E-state index in [1.54, 1.807) is 0 Å². The van der Waals surface area contributed by atoms with Gasteiger partial charge in [0.1, 0.15) is 0 Å². The van der Waals surface area contributed by atoms with Crippen LogP contribution < -0.4 is 35.3 Å². The van der Waals surface area contributed by atoms with Gasteiger partial charge < -0.3 is 15.6 Å². The van der Waals surface area contributed by atoms with Crippen LogP contribution in [-0.4, -0.2) is 0 Å². The number of hydrogen-bond donors (Lipinski definition) is 1. The molecule has 1 aromatic rings. The van der Waals surface area contributed by atoms with E-state index in [0.717, 1.165) is 5.56 Å². The Bertz CT molecular complexity index is 155. The van der Waals surface area contributed by atoms with Crippen LogP contribution >= 0.6 is 9.90 Å². The fourth-order valence-electron chi connectivity index (χ4n) is 0.557. The number of benzene rings is 1. The van der Waals surface area contributed by atoms with Crippen molar-refractivity contribution in [2.75, 3.05) is 0 Å². The fraction of sp³-hybridized carbons (Fsp3) is 0.143. The predicted octanol–water partition coefficient (Wildman–Crippen LogP) is -1.72. The average Bonchev–Trinajstić information content (AvgIpc) is 1.90. The molecule has 0 atom stereocenters. The van der Waals surface area contributed by atoms with Crippen LogP contribution in [0.3, 0.4) is 0 Å². The van der Waals surface area contributed by atoms with Crippen molar-refractivity contribution in [2.45, 2.75) is 6.54 Å². The SMILES string of the molecule is NCc1c[c]ccc1.[Na+].[PH2-]. The van der Waals surface area contributed by atoms with Gasteiger partial charge in [-0.2, -0.15) is 0 Å². The Balaban J connectivity index is 0. The van der Waals surface area contributed by atoms with Gasteiger partial charge in [0.25, 0.3) is 0 Å². The second-order valence-corrected chi connectivity index (χ2v) is 1.62. The zero-order valence-corrected chi connectivity index (χ0v) is 9.33. The largest absolute Gasteiger partial charge is 1.00 e. The number of nitrogens with two attached hydrogens (primary N) is 1. The first-order valence-corrected chi connectivity index (χ1v) is 2.58. The Morgan fingerprint density at radius 2 is 2.20 bits per heavy atom. The van der Waals surface area contributed by atoms with Gasteiger partial charge in [0.15, 0.2) is 0 Å². The van der Waals surface area contributed by atoms with Crippen molar-refractivity contribution < 1.29 is 29.6 Å². The minimum atomic E-state index is 0. The first kappa shape index (κ1) is 13.2. The summed E-state index contributed by atoms with van der Waals surface area (Å²) in [6.07, 6.45) is 0. The monoisotopic (exact) mass is 162 g/mol. The van der Waals surface area contributed by atoms with Crippen LogP contribution in [0.25, 0.3) is 0 Å². The number of hydrogen-bond acceptors (Lipinski definition) is 1. The Kier molecular flexibility index (Phi) is 10.2. The van der Waals surface area contributed by atoms with Gasteiger partial charge in [0, 0.05) is 6.54 Å². The van der Waals surface area contributed by atoms with Crippen molar-refractivity contribution in [1.82, 2.24) is 0 Å². The first-order chi connectivity index (χ1) is 3.93. The molecule has 0 aromatic heterocycles. The van der Waals surface area contributed by atoms with Crippen molar-refractivity contribution in [1.29, 1.82) is 0 Å². The number of rotatable bonds is 1. The van der Waals surface area contributed by atoms with Crippen molar-refractivity contribution in [2.24, 2.45) is 5.73 Å².